The van der Waals surface area contributed by atoms with Gasteiger partial charge in [0.2, 0.25) is 0 Å². The van der Waals surface area contributed by atoms with Crippen LogP contribution in [0.15, 0.2) is 114 Å². The Hall–Kier alpha value is -4.63. The van der Waals surface area contributed by atoms with Crippen LogP contribution in [0, 0.1) is 38.3 Å². The van der Waals surface area contributed by atoms with Crippen LogP contribution >= 0.6 is 0 Å². The van der Waals surface area contributed by atoms with Crippen molar-refractivity contribution in [3.8, 4) is 22.5 Å². The van der Waals surface area contributed by atoms with Gasteiger partial charge in [-0.15, -0.1) is 53.6 Å². The second-order valence-corrected chi connectivity index (χ2v) is 13.8. The number of aromatic nitrogens is 2. The van der Waals surface area contributed by atoms with E-state index in [9.17, 15) is 0 Å². The summed E-state index contributed by atoms with van der Waals surface area (Å²) in [5.41, 5.74) is 10.9. The smallest absolute Gasteiger partial charge is 0.121 e. The second-order valence-electron chi connectivity index (χ2n) is 13.8. The van der Waals surface area contributed by atoms with E-state index in [4.69, 9.17) is 4.42 Å². The Labute approximate surface area is 296 Å². The van der Waals surface area contributed by atoms with E-state index < -0.39 is 0 Å². The summed E-state index contributed by atoms with van der Waals surface area (Å²) < 4.78 is 6.46. The van der Waals surface area contributed by atoms with Crippen LogP contribution in [0.2, 0.25) is 0 Å². The molecule has 3 nitrogen and oxygen atoms in total. The molecule has 5 aromatic carbocycles. The molecule has 0 N–H and O–H groups in total. The molecule has 0 atom stereocenters. The van der Waals surface area contributed by atoms with E-state index in [1.807, 2.05) is 24.5 Å². The monoisotopic (exact) mass is 803 g/mol. The van der Waals surface area contributed by atoms with Gasteiger partial charge in [-0.3, -0.25) is 0 Å². The number of fused-ring (bicyclic) bond motifs is 6. The molecule has 0 aliphatic heterocycles. The number of rotatable bonds is 3. The Bertz CT molecular complexity index is 2400. The minimum atomic E-state index is 0. The number of benzene rings is 5. The fourth-order valence-corrected chi connectivity index (χ4v) is 6.20. The number of aryl methyl sites for hydroxylation is 3. The molecule has 0 aliphatic rings. The molecule has 4 heteroatoms. The van der Waals surface area contributed by atoms with Crippen LogP contribution in [0.25, 0.3) is 66.0 Å². The summed E-state index contributed by atoms with van der Waals surface area (Å²) in [5.74, 6) is 0. The van der Waals surface area contributed by atoms with Crippen LogP contribution in [0.5, 0.6) is 0 Å². The molecule has 0 bridgehead atoms. The third-order valence-electron chi connectivity index (χ3n) is 8.73. The van der Waals surface area contributed by atoms with E-state index in [-0.39, 0.29) is 25.5 Å². The molecular formula is C44H38IrN2O-2. The van der Waals surface area contributed by atoms with Gasteiger partial charge in [0.25, 0.3) is 0 Å². The average Bonchev–Trinajstić information content (AvgIpc) is 3.43. The quantitative estimate of drug-likeness (QED) is 0.132. The van der Waals surface area contributed by atoms with Crippen molar-refractivity contribution in [3.05, 3.63) is 144 Å². The third-order valence-corrected chi connectivity index (χ3v) is 8.73. The summed E-state index contributed by atoms with van der Waals surface area (Å²) in [5, 5.41) is 7.15. The second kappa shape index (κ2) is 13.5. The zero-order chi connectivity index (χ0) is 32.7. The van der Waals surface area contributed by atoms with Crippen LogP contribution in [0.3, 0.4) is 0 Å². The molecule has 241 valence electrons. The Morgan fingerprint density at radius 1 is 0.688 bits per heavy atom. The maximum Gasteiger partial charge on any atom is 0.121 e. The first-order valence-corrected chi connectivity index (χ1v) is 16.2. The van der Waals surface area contributed by atoms with E-state index in [1.165, 1.54) is 43.8 Å². The normalized spacial score (nSPS) is 11.5. The van der Waals surface area contributed by atoms with Gasteiger partial charge in [-0.25, -0.2) is 0 Å². The van der Waals surface area contributed by atoms with Gasteiger partial charge in [0.1, 0.15) is 5.58 Å². The van der Waals surface area contributed by atoms with Gasteiger partial charge >= 0.3 is 0 Å². The molecule has 3 aromatic heterocycles. The van der Waals surface area contributed by atoms with Crippen molar-refractivity contribution in [2.45, 2.75) is 48.0 Å². The van der Waals surface area contributed by atoms with Crippen molar-refractivity contribution in [1.29, 1.82) is 0 Å². The van der Waals surface area contributed by atoms with Gasteiger partial charge < -0.3 is 14.4 Å². The van der Waals surface area contributed by atoms with E-state index in [0.717, 1.165) is 50.9 Å². The van der Waals surface area contributed by atoms with Crippen molar-refractivity contribution in [1.82, 2.24) is 9.97 Å². The Morgan fingerprint density at radius 2 is 1.50 bits per heavy atom. The van der Waals surface area contributed by atoms with E-state index >= 15 is 0 Å². The van der Waals surface area contributed by atoms with Crippen molar-refractivity contribution in [2.24, 2.45) is 5.41 Å². The summed E-state index contributed by atoms with van der Waals surface area (Å²) in [6.07, 6.45) is 4.81. The number of hydrogen-bond donors (Lipinski definition) is 0. The summed E-state index contributed by atoms with van der Waals surface area (Å²) in [7, 11) is 0. The SMILES string of the molecule is CC(C)(C)Cc1ccnc(-c2[c-]ccc3c2oc2cc4c(ccc5ccccc54)cc23)c1.Cc1c[c-]c(-c2cc(C)c(C)cn2)cc1.[Ir]. The van der Waals surface area contributed by atoms with Crippen LogP contribution in [0.4, 0.5) is 0 Å². The van der Waals surface area contributed by atoms with Crippen molar-refractivity contribution < 1.29 is 24.5 Å². The zero-order valence-electron chi connectivity index (χ0n) is 28.2. The molecule has 0 spiro atoms. The van der Waals surface area contributed by atoms with Gasteiger partial charge in [0, 0.05) is 37.9 Å². The van der Waals surface area contributed by atoms with Crippen LogP contribution in [-0.2, 0) is 26.5 Å². The number of hydrogen-bond acceptors (Lipinski definition) is 3. The molecule has 0 amide bonds. The summed E-state index contributed by atoms with van der Waals surface area (Å²) in [6, 6.07) is 40.5. The molecule has 48 heavy (non-hydrogen) atoms. The van der Waals surface area contributed by atoms with E-state index in [2.05, 4.69) is 149 Å². The number of pyridine rings is 2. The van der Waals surface area contributed by atoms with Crippen molar-refractivity contribution in [3.63, 3.8) is 0 Å². The maximum absolute atomic E-state index is 6.46. The first kappa shape index (κ1) is 33.3. The summed E-state index contributed by atoms with van der Waals surface area (Å²) >= 11 is 0. The molecule has 3 heterocycles. The molecule has 0 saturated heterocycles. The molecule has 8 rings (SSSR count). The molecule has 0 aliphatic carbocycles. The van der Waals surface area contributed by atoms with Crippen LogP contribution in [-0.4, -0.2) is 9.97 Å². The Kier molecular flexibility index (Phi) is 9.34. The molecular weight excluding hydrogens is 765 g/mol. The predicted octanol–water partition coefficient (Wildman–Crippen LogP) is 11.8. The van der Waals surface area contributed by atoms with E-state index in [1.54, 1.807) is 0 Å². The Balaban J connectivity index is 0.000000212. The van der Waals surface area contributed by atoms with Gasteiger partial charge in [-0.2, -0.15) is 0 Å². The van der Waals surface area contributed by atoms with Crippen LogP contribution < -0.4 is 0 Å². The molecule has 0 fully saturated rings. The average molecular weight is 803 g/mol. The number of nitrogens with zero attached hydrogens (tertiary/aromatic N) is 2. The topological polar surface area (TPSA) is 38.9 Å². The van der Waals surface area contributed by atoms with Crippen molar-refractivity contribution in [2.75, 3.05) is 0 Å². The van der Waals surface area contributed by atoms with Gasteiger partial charge in [0.15, 0.2) is 0 Å². The van der Waals surface area contributed by atoms with Gasteiger partial charge in [-0.05, 0) is 82.4 Å². The first-order valence-electron chi connectivity index (χ1n) is 16.2. The first-order chi connectivity index (χ1) is 22.6. The van der Waals surface area contributed by atoms with E-state index in [0.29, 0.717) is 0 Å². The third kappa shape index (κ3) is 6.83. The predicted molar refractivity (Wildman–Crippen MR) is 197 cm³/mol. The fraction of sp³-hybridized carbons (Fsp3) is 0.182. The standard InChI is InChI=1S/C30H24NO.C14H14N.Ir/c1-30(2,3)18-19-13-14-31-27(15-19)24-10-6-9-23-26-16-21-12-11-20-7-4-5-8-22(20)25(21)17-28(26)32-29(23)24;1-10-4-6-13(7-5-10)14-8-11(2)12(3)9-15-14;/h4-9,11-17H,18H2,1-3H3;4-6,8-9H,1-3H3;/q2*-1;. The molecule has 8 aromatic rings. The summed E-state index contributed by atoms with van der Waals surface area (Å²) in [4.78, 5) is 9.07. The van der Waals surface area contributed by atoms with Gasteiger partial charge in [0.05, 0.1) is 5.58 Å². The maximum atomic E-state index is 6.46. The minimum Gasteiger partial charge on any atom is -0.501 e. The zero-order valence-corrected chi connectivity index (χ0v) is 30.6. The molecule has 0 unspecified atom stereocenters. The fourth-order valence-electron chi connectivity index (χ4n) is 6.20. The minimum absolute atomic E-state index is 0. The van der Waals surface area contributed by atoms with Gasteiger partial charge in [-0.1, -0.05) is 98.3 Å². The number of furan rings is 1. The summed E-state index contributed by atoms with van der Waals surface area (Å²) in [6.45, 7) is 13.0. The van der Waals surface area contributed by atoms with Crippen LogP contribution in [0.1, 0.15) is 43.0 Å². The largest absolute Gasteiger partial charge is 0.501 e. The molecule has 0 saturated carbocycles. The molecule has 1 radical (unpaired) electrons. The van der Waals surface area contributed by atoms with Crippen molar-refractivity contribution >= 4 is 43.5 Å². The Morgan fingerprint density at radius 3 is 2.27 bits per heavy atom.